The summed E-state index contributed by atoms with van der Waals surface area (Å²) in [6.45, 7) is 9.36. The highest BCUT2D eigenvalue weighted by Gasteiger charge is 2.39. The van der Waals surface area contributed by atoms with Crippen LogP contribution in [0.15, 0.2) is 503 Å². The molecule has 146 heavy (non-hydrogen) atoms. The van der Waals surface area contributed by atoms with Gasteiger partial charge in [-0.3, -0.25) is 0 Å². The summed E-state index contributed by atoms with van der Waals surface area (Å²) in [7, 11) is 0. The highest BCUT2D eigenvalue weighted by atomic mass is 16.3. The van der Waals surface area contributed by atoms with Gasteiger partial charge in [0.15, 0.2) is 17.5 Å². The molecule has 6 heterocycles. The second-order valence-electron chi connectivity index (χ2n) is 39.3. The van der Waals surface area contributed by atoms with E-state index in [2.05, 4.69) is 398 Å². The van der Waals surface area contributed by atoms with Gasteiger partial charge < -0.3 is 17.7 Å². The van der Waals surface area contributed by atoms with Crippen molar-refractivity contribution < 1.29 is 17.7 Å². The lowest BCUT2D eigenvalue weighted by atomic mass is 9.81. The molecule has 2 aliphatic carbocycles. The zero-order chi connectivity index (χ0) is 97.2. The van der Waals surface area contributed by atoms with E-state index in [0.29, 0.717) is 17.5 Å². The van der Waals surface area contributed by atoms with E-state index in [1.807, 2.05) is 115 Å². The molecular formula is C138H92N4O4. The maximum absolute atomic E-state index is 6.56. The third-order valence-corrected chi connectivity index (χ3v) is 29.9. The summed E-state index contributed by atoms with van der Waals surface area (Å²) in [6.07, 6.45) is 0. The predicted octanol–water partition coefficient (Wildman–Crippen LogP) is 37.7. The molecule has 0 fully saturated rings. The fraction of sp³-hybridized carbons (Fsp3) is 0.0435. The molecule has 8 heteroatoms. The highest BCUT2D eigenvalue weighted by Crippen LogP contribution is 2.55. The molecule has 29 rings (SSSR count). The molecule has 0 bridgehead atoms. The van der Waals surface area contributed by atoms with Gasteiger partial charge in [-0.15, -0.1) is 0 Å². The van der Waals surface area contributed by atoms with E-state index in [1.165, 1.54) is 88.7 Å². The van der Waals surface area contributed by atoms with E-state index in [-0.39, 0.29) is 10.8 Å². The first-order valence-electron chi connectivity index (χ1n) is 49.9. The summed E-state index contributed by atoms with van der Waals surface area (Å²) < 4.78 is 25.9. The normalized spacial score (nSPS) is 12.6. The van der Waals surface area contributed by atoms with Crippen LogP contribution >= 0.6 is 0 Å². The minimum absolute atomic E-state index is 0.0746. The number of benzene rings is 21. The van der Waals surface area contributed by atoms with Gasteiger partial charge in [-0.1, -0.05) is 428 Å². The molecule has 0 spiro atoms. The maximum atomic E-state index is 6.56. The number of hydrogen-bond acceptors (Lipinski definition) is 8. The molecule has 0 unspecified atom stereocenters. The van der Waals surface area contributed by atoms with E-state index >= 15 is 0 Å². The highest BCUT2D eigenvalue weighted by molar-refractivity contribution is 6.15. The van der Waals surface area contributed by atoms with Crippen LogP contribution in [0.25, 0.3) is 266 Å². The molecule has 0 amide bonds. The molecule has 688 valence electrons. The lowest BCUT2D eigenvalue weighted by Crippen LogP contribution is -2.15. The van der Waals surface area contributed by atoms with E-state index in [4.69, 9.17) is 37.6 Å². The number of aromatic nitrogens is 4. The molecule has 27 aromatic rings. The summed E-state index contributed by atoms with van der Waals surface area (Å²) in [4.78, 5) is 20.1. The van der Waals surface area contributed by atoms with Gasteiger partial charge in [0.05, 0.1) is 11.4 Å². The smallest absolute Gasteiger partial charge is 0.164 e. The Morgan fingerprint density at radius 3 is 0.952 bits per heavy atom. The van der Waals surface area contributed by atoms with Crippen LogP contribution in [-0.2, 0) is 10.8 Å². The molecule has 0 atom stereocenters. The summed E-state index contributed by atoms with van der Waals surface area (Å²) >= 11 is 0. The first-order chi connectivity index (χ1) is 71.8. The van der Waals surface area contributed by atoms with E-state index in [1.54, 1.807) is 0 Å². The summed E-state index contributed by atoms with van der Waals surface area (Å²) in [6, 6.07) is 172. The van der Waals surface area contributed by atoms with Crippen LogP contribution < -0.4 is 0 Å². The Hall–Kier alpha value is -18.8. The van der Waals surface area contributed by atoms with Gasteiger partial charge >= 0.3 is 0 Å². The van der Waals surface area contributed by atoms with Crippen molar-refractivity contribution in [1.82, 2.24) is 19.9 Å². The molecule has 0 N–H and O–H groups in total. The number of rotatable bonds is 13. The van der Waals surface area contributed by atoms with Crippen LogP contribution in [0.5, 0.6) is 0 Å². The van der Waals surface area contributed by atoms with Gasteiger partial charge in [-0.25, -0.2) is 19.9 Å². The molecule has 0 saturated carbocycles. The minimum Gasteiger partial charge on any atom is -0.455 e. The Bertz CT molecular complexity index is 9610. The topological polar surface area (TPSA) is 104 Å². The van der Waals surface area contributed by atoms with Crippen LogP contribution in [0.3, 0.4) is 0 Å². The number of pyridine rings is 1. The van der Waals surface area contributed by atoms with Crippen molar-refractivity contribution in [2.24, 2.45) is 0 Å². The average Bonchev–Trinajstić information content (AvgIpc) is 1.57. The summed E-state index contributed by atoms with van der Waals surface area (Å²) in [5.74, 6) is 1.99. The molecule has 21 aromatic carbocycles. The van der Waals surface area contributed by atoms with Crippen molar-refractivity contribution in [2.45, 2.75) is 38.5 Å². The van der Waals surface area contributed by atoms with E-state index in [0.717, 1.165) is 183 Å². The van der Waals surface area contributed by atoms with Gasteiger partial charge in [0.25, 0.3) is 0 Å². The van der Waals surface area contributed by atoms with Crippen LogP contribution in [0.4, 0.5) is 0 Å². The molecule has 2 aliphatic rings. The molecule has 0 radical (unpaired) electrons. The first-order valence-corrected chi connectivity index (χ1v) is 49.9. The predicted molar refractivity (Wildman–Crippen MR) is 603 cm³/mol. The minimum atomic E-state index is -0.231. The second kappa shape index (κ2) is 35.2. The van der Waals surface area contributed by atoms with Crippen LogP contribution in [0, 0.1) is 0 Å². The second-order valence-corrected chi connectivity index (χ2v) is 39.3. The third-order valence-electron chi connectivity index (χ3n) is 29.9. The number of hydrogen-bond donors (Lipinski definition) is 0. The van der Waals surface area contributed by atoms with Crippen LogP contribution in [0.1, 0.15) is 49.9 Å². The first kappa shape index (κ1) is 86.4. The van der Waals surface area contributed by atoms with Crippen molar-refractivity contribution >= 4 is 98.5 Å². The van der Waals surface area contributed by atoms with Crippen molar-refractivity contribution in [3.8, 4) is 168 Å². The lowest BCUT2D eigenvalue weighted by Gasteiger charge is -2.22. The zero-order valence-corrected chi connectivity index (χ0v) is 80.6. The summed E-state index contributed by atoms with van der Waals surface area (Å²) in [5, 5.41) is 11.6. The van der Waals surface area contributed by atoms with Crippen molar-refractivity contribution in [3.05, 3.63) is 508 Å². The molecule has 0 saturated heterocycles. The molecule has 0 aliphatic heterocycles. The SMILES string of the molecule is CC1(C)c2cc(-c3ccc4oc5c(-c6ccccc6)cccc5c4c3)ccc2-c2ccc(-c3nc(-c4ccccc4)nc(-c4ccccc4)n3)cc21.CC1(C)c2ccc(-c3cccc4ccccc34)cc2-c2ccc(-c3ccc(-c4cccc5c4oc4ccccc45)cc3)cc21.c1ccc(-c2cc(-c3cc(-c4cccc5c4oc4ccccc45)cc(-c4cccc5c4oc4ccccc45)c3)cc(-c3ccccc3)n2)cc1. The Labute approximate surface area is 844 Å². The van der Waals surface area contributed by atoms with Crippen molar-refractivity contribution in [1.29, 1.82) is 0 Å². The van der Waals surface area contributed by atoms with Crippen molar-refractivity contribution in [3.63, 3.8) is 0 Å². The largest absolute Gasteiger partial charge is 0.455 e. The third kappa shape index (κ3) is 15.1. The van der Waals surface area contributed by atoms with Gasteiger partial charge in [0.2, 0.25) is 0 Å². The number of nitrogens with zero attached hydrogens (tertiary/aromatic N) is 4. The summed E-state index contributed by atoms with van der Waals surface area (Å²) in [5.41, 5.74) is 42.6. The fourth-order valence-corrected chi connectivity index (χ4v) is 22.5. The van der Waals surface area contributed by atoms with Gasteiger partial charge in [0.1, 0.15) is 44.7 Å². The van der Waals surface area contributed by atoms with E-state index < -0.39 is 0 Å². The monoisotopic (exact) mass is 1870 g/mol. The van der Waals surface area contributed by atoms with Gasteiger partial charge in [-0.2, -0.15) is 0 Å². The Morgan fingerprint density at radius 2 is 0.459 bits per heavy atom. The fourth-order valence-electron chi connectivity index (χ4n) is 22.5. The van der Waals surface area contributed by atoms with Gasteiger partial charge in [0, 0.05) is 104 Å². The number of fused-ring (bicyclic) bond motifs is 19. The Kier molecular flexibility index (Phi) is 20.8. The van der Waals surface area contributed by atoms with E-state index in [9.17, 15) is 0 Å². The maximum Gasteiger partial charge on any atom is 0.164 e. The van der Waals surface area contributed by atoms with Gasteiger partial charge in [-0.05, 0) is 207 Å². The molecule has 8 nitrogen and oxygen atoms in total. The Morgan fingerprint density at radius 1 is 0.151 bits per heavy atom. The van der Waals surface area contributed by atoms with Crippen molar-refractivity contribution in [2.75, 3.05) is 0 Å². The Balaban J connectivity index is 0.000000109. The quantitative estimate of drug-likeness (QED) is 0.112. The molecular weight excluding hydrogens is 1780 g/mol. The standard InChI is InChI=1S/C48H33N3O.C47H29NO2.C43H30O/c1-48(2)41-28-34(33-23-26-43-40(27-33)39-20-12-19-36(44(39)52-43)30-13-6-3-7-14-30)21-24-37(41)38-25-22-35(29-42(38)48)47-50-45(31-15-8-4-9-16-31)49-46(51-47)32-17-10-5-11-18-32;1-3-13-30(14-4-1)42-28-33(29-43(48-42)31-15-5-2-6-16-31)32-25-34(36-19-11-21-40-38-17-7-9-23-44(38)49-46(36)40)27-35(26-32)37-20-12-22-41-39-18-8-10-24-45(39)50-47(37)41;1-43(2)39-24-22-31(33-13-7-10-28-9-3-4-11-32(28)33)25-38(39)35-23-21-30(26-40(35)43)27-17-19-29(20-18-27)34-14-8-15-37-36-12-5-6-16-41(36)44-42(34)37/h3-29H,1-2H3;1-29H;3-26H,1-2H3. The number of furan rings is 4. The lowest BCUT2D eigenvalue weighted by molar-refractivity contribution is 0.660. The van der Waals surface area contributed by atoms with Crippen LogP contribution in [-0.4, -0.2) is 19.9 Å². The molecule has 6 aromatic heterocycles. The van der Waals surface area contributed by atoms with Crippen LogP contribution in [0.2, 0.25) is 0 Å². The number of para-hydroxylation sites is 7. The average molecular weight is 1870 g/mol. The zero-order valence-electron chi connectivity index (χ0n) is 80.6.